The number of rotatable bonds is 8. The van der Waals surface area contributed by atoms with E-state index in [-0.39, 0.29) is 37.6 Å². The lowest BCUT2D eigenvalue weighted by atomic mass is 10.1. The summed E-state index contributed by atoms with van der Waals surface area (Å²) in [6.45, 7) is 12.0. The van der Waals surface area contributed by atoms with E-state index in [1.54, 1.807) is 53.4 Å². The maximum atomic E-state index is 14.2. The molecule has 41 heavy (non-hydrogen) atoms. The van der Waals surface area contributed by atoms with Crippen LogP contribution in [0.3, 0.4) is 0 Å². The Bertz CT molecular complexity index is 1240. The second-order valence-electron chi connectivity index (χ2n) is 11.4. The Balaban J connectivity index is 2.68. The molecule has 0 bridgehead atoms. The molecule has 2 rings (SSSR count). The van der Waals surface area contributed by atoms with Gasteiger partial charge in [0.2, 0.25) is 0 Å². The number of nitriles is 1. The number of aliphatic imine (C=N–C) groups is 1. The number of carbonyl (C=O) groups excluding carboxylic acids is 3. The van der Waals surface area contributed by atoms with E-state index in [4.69, 9.17) is 14.2 Å². The van der Waals surface area contributed by atoms with Crippen LogP contribution < -0.4 is 0 Å². The zero-order valence-corrected chi connectivity index (χ0v) is 26.3. The molecule has 1 aromatic carbocycles. The van der Waals surface area contributed by atoms with Gasteiger partial charge in [-0.2, -0.15) is 10.3 Å². The highest BCUT2D eigenvalue weighted by molar-refractivity contribution is 9.10. The number of carbonyl (C=O) groups is 3. The lowest BCUT2D eigenvalue weighted by molar-refractivity contribution is -0.150. The number of ether oxygens (including phenoxy) is 3. The third kappa shape index (κ3) is 11.1. The predicted octanol–water partition coefficient (Wildman–Crippen LogP) is 5.50. The molecule has 1 aliphatic heterocycles. The minimum absolute atomic E-state index is 0.0600. The molecule has 1 aromatic rings. The molecule has 1 heterocycles. The van der Waals surface area contributed by atoms with Gasteiger partial charge >= 0.3 is 18.0 Å². The van der Waals surface area contributed by atoms with E-state index in [2.05, 4.69) is 20.9 Å². The standard InChI is InChI=1S/C29H38BrFN4O6/c1-8-39-24(36)18-35(16-19-14-20(31)11-12-23(19)30)25(22(15-32)26(37)40-28(2,3)4)34-13-9-10-21(17-34)33-27(38)41-29(5,6)7/h11-12,14H,8-10,13,16-18H2,1-7H3/b25-22+,33-21-. The maximum Gasteiger partial charge on any atom is 0.434 e. The van der Waals surface area contributed by atoms with E-state index in [0.717, 1.165) is 0 Å². The molecule has 1 fully saturated rings. The van der Waals surface area contributed by atoms with E-state index in [9.17, 15) is 24.0 Å². The molecular formula is C29H38BrFN4O6. The number of esters is 2. The fourth-order valence-corrected chi connectivity index (χ4v) is 4.38. The normalized spacial score (nSPS) is 15.5. The van der Waals surface area contributed by atoms with Crippen LogP contribution in [0.4, 0.5) is 9.18 Å². The number of hydrogen-bond acceptors (Lipinski definition) is 9. The number of amides is 1. The van der Waals surface area contributed by atoms with E-state index in [1.807, 2.05) is 6.07 Å². The lowest BCUT2D eigenvalue weighted by Crippen LogP contribution is -2.45. The van der Waals surface area contributed by atoms with E-state index in [0.29, 0.717) is 35.1 Å². The van der Waals surface area contributed by atoms with Crippen molar-refractivity contribution < 1.29 is 33.0 Å². The lowest BCUT2D eigenvalue weighted by Gasteiger charge is -2.38. The monoisotopic (exact) mass is 636 g/mol. The molecule has 0 spiro atoms. The van der Waals surface area contributed by atoms with Crippen LogP contribution in [0.2, 0.25) is 0 Å². The first kappa shape index (κ1) is 33.7. The average molecular weight is 638 g/mol. The molecule has 0 aromatic heterocycles. The summed E-state index contributed by atoms with van der Waals surface area (Å²) in [5.74, 6) is -1.92. The number of nitrogens with zero attached hydrogens (tertiary/aromatic N) is 4. The summed E-state index contributed by atoms with van der Waals surface area (Å²) in [5, 5.41) is 10.2. The Hall–Kier alpha value is -3.46. The number of likely N-dealkylation sites (tertiary alicyclic amines) is 1. The molecule has 0 saturated carbocycles. The fraction of sp³-hybridized carbons (Fsp3) is 0.552. The first-order valence-electron chi connectivity index (χ1n) is 13.3. The molecule has 1 amide bonds. The van der Waals surface area contributed by atoms with Gasteiger partial charge in [-0.1, -0.05) is 15.9 Å². The fourth-order valence-electron chi connectivity index (χ4n) is 4.01. The molecule has 10 nitrogen and oxygen atoms in total. The first-order chi connectivity index (χ1) is 19.0. The summed E-state index contributed by atoms with van der Waals surface area (Å²) >= 11 is 3.42. The zero-order valence-electron chi connectivity index (χ0n) is 24.7. The van der Waals surface area contributed by atoms with Crippen LogP contribution >= 0.6 is 15.9 Å². The van der Waals surface area contributed by atoms with Crippen molar-refractivity contribution in [2.45, 2.75) is 79.1 Å². The van der Waals surface area contributed by atoms with Gasteiger partial charge in [-0.25, -0.2) is 14.0 Å². The number of benzene rings is 1. The van der Waals surface area contributed by atoms with Crippen LogP contribution in [0.1, 0.15) is 66.9 Å². The highest BCUT2D eigenvalue weighted by atomic mass is 79.9. The minimum atomic E-state index is -0.910. The van der Waals surface area contributed by atoms with Gasteiger partial charge in [0, 0.05) is 23.3 Å². The van der Waals surface area contributed by atoms with E-state index < -0.39 is 35.1 Å². The van der Waals surface area contributed by atoms with Crippen LogP contribution in [0, 0.1) is 17.1 Å². The summed E-state index contributed by atoms with van der Waals surface area (Å²) in [6, 6.07) is 6.07. The van der Waals surface area contributed by atoms with E-state index >= 15 is 0 Å². The van der Waals surface area contributed by atoms with Crippen molar-refractivity contribution in [1.29, 1.82) is 5.26 Å². The summed E-state index contributed by atoms with van der Waals surface area (Å²) in [7, 11) is 0. The van der Waals surface area contributed by atoms with Crippen LogP contribution in [0.25, 0.3) is 0 Å². The number of piperidine rings is 1. The van der Waals surface area contributed by atoms with Gasteiger partial charge in [0.15, 0.2) is 5.57 Å². The van der Waals surface area contributed by atoms with Crippen molar-refractivity contribution in [3.63, 3.8) is 0 Å². The predicted molar refractivity (Wildman–Crippen MR) is 154 cm³/mol. The molecule has 1 saturated heterocycles. The number of halogens is 2. The van der Waals surface area contributed by atoms with Crippen molar-refractivity contribution in [2.75, 3.05) is 26.2 Å². The van der Waals surface area contributed by atoms with E-state index in [1.165, 1.54) is 23.1 Å². The maximum absolute atomic E-state index is 14.2. The molecule has 12 heteroatoms. The Kier molecular flexibility index (Phi) is 11.9. The second-order valence-corrected chi connectivity index (χ2v) is 12.2. The average Bonchev–Trinajstić information content (AvgIpc) is 2.82. The summed E-state index contributed by atoms with van der Waals surface area (Å²) in [5.41, 5.74) is -1.05. The largest absolute Gasteiger partial charge is 0.465 e. The SMILES string of the molecule is CCOC(=O)CN(Cc1cc(F)ccc1Br)/C(=C(\C#N)C(=O)OC(C)(C)C)N1CCC/C(=N/C(=O)OC(C)(C)C)C1. The van der Waals surface area contributed by atoms with Gasteiger partial charge in [0.1, 0.15) is 35.5 Å². The Morgan fingerprint density at radius 1 is 1.15 bits per heavy atom. The summed E-state index contributed by atoms with van der Waals surface area (Å²) in [4.78, 5) is 45.8. The van der Waals surface area contributed by atoms with Crippen LogP contribution in [-0.4, -0.2) is 71.0 Å². The van der Waals surface area contributed by atoms with Gasteiger partial charge in [0.05, 0.1) is 13.2 Å². The van der Waals surface area contributed by atoms with Crippen molar-refractivity contribution in [1.82, 2.24) is 9.80 Å². The molecular weight excluding hydrogens is 599 g/mol. The quantitative estimate of drug-likeness (QED) is 0.157. The minimum Gasteiger partial charge on any atom is -0.465 e. The van der Waals surface area contributed by atoms with Crippen molar-refractivity contribution >= 4 is 39.7 Å². The zero-order chi connectivity index (χ0) is 31.0. The Morgan fingerprint density at radius 2 is 1.80 bits per heavy atom. The number of hydrogen-bond donors (Lipinski definition) is 0. The second kappa shape index (κ2) is 14.4. The smallest absolute Gasteiger partial charge is 0.434 e. The van der Waals surface area contributed by atoms with Crippen LogP contribution in [0.5, 0.6) is 0 Å². The Morgan fingerprint density at radius 3 is 2.39 bits per heavy atom. The van der Waals surface area contributed by atoms with Crippen LogP contribution in [0.15, 0.2) is 39.1 Å². The Labute approximate surface area is 249 Å². The van der Waals surface area contributed by atoms with Gasteiger partial charge in [-0.05, 0) is 85.1 Å². The van der Waals surface area contributed by atoms with Crippen LogP contribution in [-0.2, 0) is 30.3 Å². The molecule has 0 N–H and O–H groups in total. The topological polar surface area (TPSA) is 122 Å². The molecule has 224 valence electrons. The van der Waals surface area contributed by atoms with Crippen molar-refractivity contribution in [2.24, 2.45) is 4.99 Å². The summed E-state index contributed by atoms with van der Waals surface area (Å²) < 4.78 is 30.8. The highest BCUT2D eigenvalue weighted by Gasteiger charge is 2.33. The molecule has 0 radical (unpaired) electrons. The molecule has 0 aliphatic carbocycles. The first-order valence-corrected chi connectivity index (χ1v) is 14.1. The third-order valence-electron chi connectivity index (χ3n) is 5.44. The highest BCUT2D eigenvalue weighted by Crippen LogP contribution is 2.27. The van der Waals surface area contributed by atoms with Crippen molar-refractivity contribution in [3.8, 4) is 6.07 Å². The third-order valence-corrected chi connectivity index (χ3v) is 6.22. The van der Waals surface area contributed by atoms with Gasteiger partial charge in [-0.3, -0.25) is 4.79 Å². The summed E-state index contributed by atoms with van der Waals surface area (Å²) in [6.07, 6.45) is 0.277. The van der Waals surface area contributed by atoms with Gasteiger partial charge < -0.3 is 24.0 Å². The molecule has 1 aliphatic rings. The van der Waals surface area contributed by atoms with Crippen molar-refractivity contribution in [3.05, 3.63) is 45.4 Å². The van der Waals surface area contributed by atoms with Gasteiger partial charge in [0.25, 0.3) is 0 Å². The van der Waals surface area contributed by atoms with Gasteiger partial charge in [-0.15, -0.1) is 0 Å². The molecule has 0 unspecified atom stereocenters. The molecule has 0 atom stereocenters.